The number of amides is 1. The van der Waals surface area contributed by atoms with Crippen LogP contribution in [0.15, 0.2) is 41.1 Å². The second-order valence-corrected chi connectivity index (χ2v) is 8.95. The van der Waals surface area contributed by atoms with E-state index in [-0.39, 0.29) is 35.6 Å². The summed E-state index contributed by atoms with van der Waals surface area (Å²) >= 11 is 0. The first kappa shape index (κ1) is 21.4. The molecule has 0 radical (unpaired) electrons. The maximum Gasteiger partial charge on any atom is 0.222 e. The molecule has 1 amide bonds. The Bertz CT molecular complexity index is 762. The van der Waals surface area contributed by atoms with E-state index in [9.17, 15) is 17.6 Å². The zero-order chi connectivity index (χ0) is 19.9. The minimum absolute atomic E-state index is 0.0139. The third kappa shape index (κ3) is 6.32. The van der Waals surface area contributed by atoms with Gasteiger partial charge in [0.1, 0.15) is 12.4 Å². The van der Waals surface area contributed by atoms with E-state index in [1.165, 1.54) is 24.3 Å². The average Bonchev–Trinajstić information content (AvgIpc) is 2.64. The number of hydrogen-bond acceptors (Lipinski definition) is 5. The molecule has 0 bridgehead atoms. The summed E-state index contributed by atoms with van der Waals surface area (Å²) in [5.74, 6) is 0.355. The maximum atomic E-state index is 12.6. The Morgan fingerprint density at radius 2 is 2.04 bits per heavy atom. The van der Waals surface area contributed by atoms with Crippen LogP contribution in [-0.4, -0.2) is 51.2 Å². The standard InChI is InChI=1S/C19H27FN2O4S/c1-15(12-22-9-3-2-4-19(22)23)14-27(24,25)18-7-5-17(6-8-18)26-13-16(10-20)11-21/h5-8,10,15H,2-4,9,11-14,21H2,1H3/b16-10+/t15-/m1/s1. The number of nitrogens with zero attached hydrogens (tertiary/aromatic N) is 1. The van der Waals surface area contributed by atoms with Crippen LogP contribution in [0, 0.1) is 5.92 Å². The Morgan fingerprint density at radius 3 is 2.63 bits per heavy atom. The van der Waals surface area contributed by atoms with Gasteiger partial charge in [0.2, 0.25) is 5.91 Å². The molecule has 2 rings (SSSR count). The Labute approximate surface area is 160 Å². The van der Waals surface area contributed by atoms with Gasteiger partial charge in [-0.2, -0.15) is 0 Å². The minimum atomic E-state index is -3.47. The smallest absolute Gasteiger partial charge is 0.222 e. The van der Waals surface area contributed by atoms with Gasteiger partial charge in [0.25, 0.3) is 0 Å². The number of halogens is 1. The fraction of sp³-hybridized carbons (Fsp3) is 0.526. The molecular formula is C19H27FN2O4S. The van der Waals surface area contributed by atoms with E-state index in [2.05, 4.69) is 0 Å². The van der Waals surface area contributed by atoms with Gasteiger partial charge in [-0.25, -0.2) is 12.8 Å². The van der Waals surface area contributed by atoms with Crippen LogP contribution >= 0.6 is 0 Å². The summed E-state index contributed by atoms with van der Waals surface area (Å²) in [6.07, 6.45) is 2.83. The minimum Gasteiger partial charge on any atom is -0.489 e. The molecule has 27 heavy (non-hydrogen) atoms. The molecule has 1 aromatic carbocycles. The lowest BCUT2D eigenvalue weighted by Gasteiger charge is -2.29. The van der Waals surface area contributed by atoms with E-state index >= 15 is 0 Å². The summed E-state index contributed by atoms with van der Waals surface area (Å²) in [5.41, 5.74) is 5.67. The zero-order valence-electron chi connectivity index (χ0n) is 15.6. The van der Waals surface area contributed by atoms with Gasteiger partial charge in [-0.1, -0.05) is 6.92 Å². The highest BCUT2D eigenvalue weighted by Gasteiger charge is 2.24. The molecule has 0 unspecified atom stereocenters. The molecule has 2 N–H and O–H groups in total. The van der Waals surface area contributed by atoms with Gasteiger partial charge in [0, 0.05) is 31.6 Å². The quantitative estimate of drug-likeness (QED) is 0.689. The van der Waals surface area contributed by atoms with Crippen LogP contribution in [0.5, 0.6) is 5.75 Å². The van der Waals surface area contributed by atoms with E-state index in [1.807, 2.05) is 6.92 Å². The Balaban J connectivity index is 1.94. The third-order valence-electron chi connectivity index (χ3n) is 4.48. The monoisotopic (exact) mass is 398 g/mol. The first-order chi connectivity index (χ1) is 12.9. The lowest BCUT2D eigenvalue weighted by molar-refractivity contribution is -0.133. The molecule has 1 fully saturated rings. The van der Waals surface area contributed by atoms with Crippen molar-refractivity contribution in [2.75, 3.05) is 32.0 Å². The van der Waals surface area contributed by atoms with Gasteiger partial charge < -0.3 is 15.4 Å². The second kappa shape index (κ2) is 9.85. The number of carbonyl (C=O) groups is 1. The SMILES string of the molecule is C[C@H](CN1CCCCC1=O)CS(=O)(=O)c1ccc(OC/C(=C/F)CN)cc1. The van der Waals surface area contributed by atoms with Gasteiger partial charge in [-0.3, -0.25) is 4.79 Å². The molecular weight excluding hydrogens is 371 g/mol. The molecule has 1 aliphatic rings. The highest BCUT2D eigenvalue weighted by Crippen LogP contribution is 2.20. The fourth-order valence-electron chi connectivity index (χ4n) is 3.01. The van der Waals surface area contributed by atoms with Crippen LogP contribution in [0.1, 0.15) is 26.2 Å². The highest BCUT2D eigenvalue weighted by molar-refractivity contribution is 7.91. The summed E-state index contributed by atoms with van der Waals surface area (Å²) in [6, 6.07) is 6.03. The number of benzene rings is 1. The van der Waals surface area contributed by atoms with E-state index in [4.69, 9.17) is 10.5 Å². The number of likely N-dealkylation sites (tertiary alicyclic amines) is 1. The molecule has 1 aliphatic heterocycles. The van der Waals surface area contributed by atoms with Crippen molar-refractivity contribution in [2.45, 2.75) is 31.1 Å². The molecule has 0 aromatic heterocycles. The molecule has 8 heteroatoms. The maximum absolute atomic E-state index is 12.6. The summed E-state index contributed by atoms with van der Waals surface area (Å²) < 4.78 is 43.1. The van der Waals surface area contributed by atoms with Crippen molar-refractivity contribution in [2.24, 2.45) is 11.7 Å². The molecule has 1 aromatic rings. The van der Waals surface area contributed by atoms with Crippen molar-refractivity contribution >= 4 is 15.7 Å². The Morgan fingerprint density at radius 1 is 1.33 bits per heavy atom. The normalized spacial score (nSPS) is 17.1. The van der Waals surface area contributed by atoms with Gasteiger partial charge in [0.05, 0.1) is 17.0 Å². The van der Waals surface area contributed by atoms with Crippen LogP contribution in [0.2, 0.25) is 0 Å². The predicted molar refractivity (Wildman–Crippen MR) is 102 cm³/mol. The van der Waals surface area contributed by atoms with Crippen LogP contribution in [0.25, 0.3) is 0 Å². The van der Waals surface area contributed by atoms with E-state index in [1.54, 1.807) is 4.90 Å². The van der Waals surface area contributed by atoms with Crippen molar-refractivity contribution in [3.63, 3.8) is 0 Å². The van der Waals surface area contributed by atoms with Crippen LogP contribution in [-0.2, 0) is 14.6 Å². The van der Waals surface area contributed by atoms with Crippen LogP contribution in [0.4, 0.5) is 4.39 Å². The molecule has 1 heterocycles. The lowest BCUT2D eigenvalue weighted by atomic mass is 10.1. The lowest BCUT2D eigenvalue weighted by Crippen LogP contribution is -2.39. The van der Waals surface area contributed by atoms with Crippen LogP contribution in [0.3, 0.4) is 0 Å². The zero-order valence-corrected chi connectivity index (χ0v) is 16.4. The predicted octanol–water partition coefficient (Wildman–Crippen LogP) is 2.30. The summed E-state index contributed by atoms with van der Waals surface area (Å²) in [5, 5.41) is 0. The summed E-state index contributed by atoms with van der Waals surface area (Å²) in [4.78, 5) is 13.8. The van der Waals surface area contributed by atoms with Crippen molar-refractivity contribution in [1.29, 1.82) is 0 Å². The molecule has 0 saturated carbocycles. The van der Waals surface area contributed by atoms with Gasteiger partial charge >= 0.3 is 0 Å². The first-order valence-corrected chi connectivity index (χ1v) is 10.7. The Hall–Kier alpha value is -1.93. The van der Waals surface area contributed by atoms with E-state index in [0.29, 0.717) is 37.2 Å². The molecule has 1 saturated heterocycles. The summed E-state index contributed by atoms with van der Waals surface area (Å²) in [7, 11) is -3.47. The van der Waals surface area contributed by atoms with Crippen LogP contribution < -0.4 is 10.5 Å². The Kier molecular flexibility index (Phi) is 7.79. The summed E-state index contributed by atoms with van der Waals surface area (Å²) in [6.45, 7) is 3.07. The molecule has 6 nitrogen and oxygen atoms in total. The van der Waals surface area contributed by atoms with Crippen molar-refractivity contribution in [3.05, 3.63) is 36.2 Å². The average molecular weight is 399 g/mol. The van der Waals surface area contributed by atoms with Gasteiger partial charge in [0.15, 0.2) is 9.84 Å². The topological polar surface area (TPSA) is 89.7 Å². The largest absolute Gasteiger partial charge is 0.489 e. The molecule has 150 valence electrons. The molecule has 1 atom stereocenters. The van der Waals surface area contributed by atoms with Crippen molar-refractivity contribution < 1.29 is 22.3 Å². The number of rotatable bonds is 9. The second-order valence-electron chi connectivity index (χ2n) is 6.92. The molecule has 0 aliphatic carbocycles. The third-order valence-corrected chi connectivity index (χ3v) is 6.48. The molecule has 0 spiro atoms. The number of carbonyl (C=O) groups excluding carboxylic acids is 1. The van der Waals surface area contributed by atoms with E-state index < -0.39 is 9.84 Å². The van der Waals surface area contributed by atoms with Crippen molar-refractivity contribution in [1.82, 2.24) is 4.90 Å². The number of hydrogen-bond donors (Lipinski definition) is 1. The van der Waals surface area contributed by atoms with Gasteiger partial charge in [-0.05, 0) is 43.0 Å². The van der Waals surface area contributed by atoms with Crippen molar-refractivity contribution in [3.8, 4) is 5.75 Å². The fourth-order valence-corrected chi connectivity index (χ4v) is 4.61. The van der Waals surface area contributed by atoms with Gasteiger partial charge in [-0.15, -0.1) is 0 Å². The van der Waals surface area contributed by atoms with E-state index in [0.717, 1.165) is 12.8 Å². The number of sulfone groups is 1. The number of piperidine rings is 1. The first-order valence-electron chi connectivity index (χ1n) is 9.07. The number of nitrogens with two attached hydrogens (primary N) is 1. The number of ether oxygens (including phenoxy) is 1. The highest BCUT2D eigenvalue weighted by atomic mass is 32.2.